The molecule has 13 heavy (non-hydrogen) atoms. The van der Waals surface area contributed by atoms with Crippen molar-refractivity contribution >= 4 is 28.9 Å². The monoisotopic (exact) mass is 290 g/mol. The van der Waals surface area contributed by atoms with Crippen molar-refractivity contribution in [3.05, 3.63) is 26.8 Å². The molecular weight excluding hydrogens is 279 g/mol. The van der Waals surface area contributed by atoms with E-state index >= 15 is 0 Å². The number of benzene rings is 1. The summed E-state index contributed by atoms with van der Waals surface area (Å²) in [5.41, 5.74) is 2.28. The van der Waals surface area contributed by atoms with Gasteiger partial charge < -0.3 is 4.74 Å². The van der Waals surface area contributed by atoms with Crippen molar-refractivity contribution in [3.63, 3.8) is 0 Å². The second-order valence-electron chi connectivity index (χ2n) is 2.87. The number of ether oxygens (including phenoxy) is 1. The first-order chi connectivity index (χ1) is 6.15. The smallest absolute Gasteiger partial charge is 0.157 e. The molecule has 0 aliphatic carbocycles. The van der Waals surface area contributed by atoms with E-state index in [0.717, 1.165) is 21.2 Å². The zero-order valence-electron chi connectivity index (χ0n) is 7.63. The lowest BCUT2D eigenvalue weighted by molar-refractivity contribution is -0.109. The van der Waals surface area contributed by atoms with Crippen LogP contribution in [-0.2, 0) is 4.79 Å². The highest BCUT2D eigenvalue weighted by atomic mass is 127. The Morgan fingerprint density at radius 3 is 2.69 bits per heavy atom. The van der Waals surface area contributed by atoms with Crippen molar-refractivity contribution in [3.8, 4) is 5.75 Å². The Labute approximate surface area is 91.4 Å². The fraction of sp³-hybridized carbons (Fsp3) is 0.300. The fourth-order valence-electron chi connectivity index (χ4n) is 1.20. The van der Waals surface area contributed by atoms with Crippen LogP contribution in [0.1, 0.15) is 11.1 Å². The van der Waals surface area contributed by atoms with Gasteiger partial charge in [0.15, 0.2) is 6.29 Å². The Balaban J connectivity index is 2.98. The summed E-state index contributed by atoms with van der Waals surface area (Å²) in [6.07, 6.45) is 0.759. The zero-order valence-corrected chi connectivity index (χ0v) is 9.79. The van der Waals surface area contributed by atoms with Gasteiger partial charge in [0.25, 0.3) is 0 Å². The summed E-state index contributed by atoms with van der Waals surface area (Å²) < 4.78 is 6.35. The summed E-state index contributed by atoms with van der Waals surface area (Å²) >= 11 is 2.21. The number of aryl methyl sites for hydroxylation is 2. The lowest BCUT2D eigenvalue weighted by Crippen LogP contribution is -2.01. The molecule has 0 saturated carbocycles. The minimum atomic E-state index is 0.125. The summed E-state index contributed by atoms with van der Waals surface area (Å²) in [6, 6.07) is 4.08. The number of halogens is 1. The van der Waals surface area contributed by atoms with Gasteiger partial charge in [-0.05, 0) is 53.6 Å². The SMILES string of the molecule is Cc1cc(C)c(OCC=O)c(I)c1. The molecule has 1 rings (SSSR count). The van der Waals surface area contributed by atoms with Crippen LogP contribution in [0.3, 0.4) is 0 Å². The Kier molecular flexibility index (Phi) is 3.71. The minimum Gasteiger partial charge on any atom is -0.485 e. The average molecular weight is 290 g/mol. The maximum atomic E-state index is 10.1. The second kappa shape index (κ2) is 4.60. The van der Waals surface area contributed by atoms with Gasteiger partial charge in [0.1, 0.15) is 12.4 Å². The van der Waals surface area contributed by atoms with Gasteiger partial charge in [-0.2, -0.15) is 0 Å². The van der Waals surface area contributed by atoms with Crippen molar-refractivity contribution in [2.45, 2.75) is 13.8 Å². The van der Waals surface area contributed by atoms with E-state index in [1.807, 2.05) is 26.0 Å². The molecule has 2 nitrogen and oxygen atoms in total. The van der Waals surface area contributed by atoms with E-state index in [1.165, 1.54) is 5.56 Å². The lowest BCUT2D eigenvalue weighted by Gasteiger charge is -2.09. The van der Waals surface area contributed by atoms with Gasteiger partial charge in [0.05, 0.1) is 3.57 Å². The van der Waals surface area contributed by atoms with Gasteiger partial charge >= 0.3 is 0 Å². The number of aldehydes is 1. The molecule has 0 saturated heterocycles. The first kappa shape index (κ1) is 10.5. The predicted molar refractivity (Wildman–Crippen MR) is 60.2 cm³/mol. The van der Waals surface area contributed by atoms with E-state index in [1.54, 1.807) is 0 Å². The van der Waals surface area contributed by atoms with E-state index in [0.29, 0.717) is 0 Å². The fourth-order valence-corrected chi connectivity index (χ4v) is 2.27. The quantitative estimate of drug-likeness (QED) is 0.631. The van der Waals surface area contributed by atoms with Crippen LogP contribution >= 0.6 is 22.6 Å². The summed E-state index contributed by atoms with van der Waals surface area (Å²) in [6.45, 7) is 4.15. The van der Waals surface area contributed by atoms with Crippen molar-refractivity contribution in [2.24, 2.45) is 0 Å². The molecule has 0 fully saturated rings. The molecule has 0 amide bonds. The first-order valence-corrected chi connectivity index (χ1v) is 5.06. The summed E-state index contributed by atoms with van der Waals surface area (Å²) in [5.74, 6) is 0.818. The van der Waals surface area contributed by atoms with Crippen LogP contribution in [0.4, 0.5) is 0 Å². The second-order valence-corrected chi connectivity index (χ2v) is 4.03. The van der Waals surface area contributed by atoms with E-state index in [-0.39, 0.29) is 6.61 Å². The molecule has 1 aromatic carbocycles. The van der Waals surface area contributed by atoms with Crippen molar-refractivity contribution in [2.75, 3.05) is 6.61 Å². The van der Waals surface area contributed by atoms with Crippen LogP contribution in [0.15, 0.2) is 12.1 Å². The van der Waals surface area contributed by atoms with Gasteiger partial charge in [-0.15, -0.1) is 0 Å². The zero-order chi connectivity index (χ0) is 9.84. The van der Waals surface area contributed by atoms with E-state index in [2.05, 4.69) is 22.6 Å². The van der Waals surface area contributed by atoms with Gasteiger partial charge in [-0.25, -0.2) is 0 Å². The van der Waals surface area contributed by atoms with Crippen LogP contribution in [0.5, 0.6) is 5.75 Å². The third-order valence-corrected chi connectivity index (χ3v) is 2.47. The van der Waals surface area contributed by atoms with Crippen molar-refractivity contribution < 1.29 is 9.53 Å². The summed E-state index contributed by atoms with van der Waals surface area (Å²) in [4.78, 5) is 10.1. The van der Waals surface area contributed by atoms with E-state index in [4.69, 9.17) is 4.74 Å². The van der Waals surface area contributed by atoms with Gasteiger partial charge in [0, 0.05) is 0 Å². The van der Waals surface area contributed by atoms with Crippen LogP contribution in [-0.4, -0.2) is 12.9 Å². The van der Waals surface area contributed by atoms with Gasteiger partial charge in [0.2, 0.25) is 0 Å². The third-order valence-electron chi connectivity index (χ3n) is 1.67. The van der Waals surface area contributed by atoms with Crippen LogP contribution in [0.25, 0.3) is 0 Å². The van der Waals surface area contributed by atoms with E-state index in [9.17, 15) is 4.79 Å². The number of rotatable bonds is 3. The van der Waals surface area contributed by atoms with Crippen LogP contribution in [0.2, 0.25) is 0 Å². The molecule has 0 aliphatic heterocycles. The first-order valence-electron chi connectivity index (χ1n) is 3.98. The molecule has 0 bridgehead atoms. The summed E-state index contributed by atoms with van der Waals surface area (Å²) in [7, 11) is 0. The molecule has 0 aliphatic rings. The lowest BCUT2D eigenvalue weighted by atomic mass is 10.1. The Bertz CT molecular complexity index is 298. The highest BCUT2D eigenvalue weighted by molar-refractivity contribution is 14.1. The predicted octanol–water partition coefficient (Wildman–Crippen LogP) is 2.49. The molecule has 0 heterocycles. The third kappa shape index (κ3) is 2.69. The van der Waals surface area contributed by atoms with Crippen molar-refractivity contribution in [1.82, 2.24) is 0 Å². The molecule has 0 spiro atoms. The number of hydrogen-bond donors (Lipinski definition) is 0. The Hall–Kier alpha value is -0.580. The molecule has 0 radical (unpaired) electrons. The van der Waals surface area contributed by atoms with Crippen molar-refractivity contribution in [1.29, 1.82) is 0 Å². The van der Waals surface area contributed by atoms with E-state index < -0.39 is 0 Å². The maximum absolute atomic E-state index is 10.1. The number of carbonyl (C=O) groups excluding carboxylic acids is 1. The highest BCUT2D eigenvalue weighted by Gasteiger charge is 2.05. The van der Waals surface area contributed by atoms with Gasteiger partial charge in [-0.3, -0.25) is 4.79 Å². The Morgan fingerprint density at radius 2 is 2.15 bits per heavy atom. The molecule has 0 aromatic heterocycles. The number of carbonyl (C=O) groups is 1. The topological polar surface area (TPSA) is 26.3 Å². The summed E-state index contributed by atoms with van der Waals surface area (Å²) in [5, 5.41) is 0. The molecular formula is C10H11IO2. The van der Waals surface area contributed by atoms with Gasteiger partial charge in [-0.1, -0.05) is 6.07 Å². The Morgan fingerprint density at radius 1 is 1.46 bits per heavy atom. The molecule has 3 heteroatoms. The number of hydrogen-bond acceptors (Lipinski definition) is 2. The molecule has 0 N–H and O–H groups in total. The molecule has 70 valence electrons. The highest BCUT2D eigenvalue weighted by Crippen LogP contribution is 2.26. The molecule has 1 aromatic rings. The van der Waals surface area contributed by atoms with Crippen LogP contribution in [0, 0.1) is 17.4 Å². The normalized spacial score (nSPS) is 9.77. The minimum absolute atomic E-state index is 0.125. The molecule has 0 atom stereocenters. The average Bonchev–Trinajstić information content (AvgIpc) is 2.02. The van der Waals surface area contributed by atoms with Crippen LogP contribution < -0.4 is 4.74 Å². The standard InChI is InChI=1S/C10H11IO2/c1-7-5-8(2)10(9(11)6-7)13-4-3-12/h3,5-6H,4H2,1-2H3. The maximum Gasteiger partial charge on any atom is 0.157 e. The largest absolute Gasteiger partial charge is 0.485 e. The molecule has 0 unspecified atom stereocenters.